The van der Waals surface area contributed by atoms with Crippen molar-refractivity contribution in [2.75, 3.05) is 0 Å². The molecule has 2 heteroatoms. The van der Waals surface area contributed by atoms with E-state index in [4.69, 9.17) is 0 Å². The van der Waals surface area contributed by atoms with Gasteiger partial charge in [-0.25, -0.2) is 0 Å². The van der Waals surface area contributed by atoms with Gasteiger partial charge in [-0.05, 0) is 12.0 Å². The molecule has 0 amide bonds. The average Bonchev–Trinajstić information content (AvgIpc) is 2.53. The SMILES string of the molecule is CCCC(C(=O)C(=O)c1ccccc1)c1ccccc1. The quantitative estimate of drug-likeness (QED) is 0.584. The zero-order valence-electron chi connectivity index (χ0n) is 11.6. The summed E-state index contributed by atoms with van der Waals surface area (Å²) >= 11 is 0. The summed E-state index contributed by atoms with van der Waals surface area (Å²) in [4.78, 5) is 24.8. The molecule has 0 aliphatic carbocycles. The van der Waals surface area contributed by atoms with Gasteiger partial charge in [-0.15, -0.1) is 0 Å². The Morgan fingerprint density at radius 1 is 0.900 bits per heavy atom. The summed E-state index contributed by atoms with van der Waals surface area (Å²) in [5.74, 6) is -1.05. The fourth-order valence-corrected chi connectivity index (χ4v) is 2.31. The second-order valence-corrected chi connectivity index (χ2v) is 4.81. The van der Waals surface area contributed by atoms with Crippen molar-refractivity contribution in [2.24, 2.45) is 0 Å². The summed E-state index contributed by atoms with van der Waals surface area (Å²) in [6.45, 7) is 2.02. The Hall–Kier alpha value is -2.22. The van der Waals surface area contributed by atoms with Crippen LogP contribution in [0, 0.1) is 0 Å². The van der Waals surface area contributed by atoms with Crippen LogP contribution in [0.3, 0.4) is 0 Å². The molecule has 0 radical (unpaired) electrons. The maximum absolute atomic E-state index is 12.5. The van der Waals surface area contributed by atoms with Crippen molar-refractivity contribution in [3.05, 3.63) is 71.8 Å². The molecule has 0 fully saturated rings. The highest BCUT2D eigenvalue weighted by Crippen LogP contribution is 2.23. The smallest absolute Gasteiger partial charge is 0.229 e. The Kier molecular flexibility index (Phi) is 4.83. The molecule has 2 aromatic carbocycles. The summed E-state index contributed by atoms with van der Waals surface area (Å²) in [5.41, 5.74) is 1.39. The van der Waals surface area contributed by atoms with Crippen molar-refractivity contribution < 1.29 is 9.59 Å². The maximum atomic E-state index is 12.5. The van der Waals surface area contributed by atoms with Crippen LogP contribution in [-0.2, 0) is 4.79 Å². The summed E-state index contributed by atoms with van der Waals surface area (Å²) in [6, 6.07) is 18.3. The lowest BCUT2D eigenvalue weighted by molar-refractivity contribution is -0.116. The number of rotatable bonds is 6. The van der Waals surface area contributed by atoms with E-state index in [9.17, 15) is 9.59 Å². The van der Waals surface area contributed by atoms with Crippen LogP contribution in [0.25, 0.3) is 0 Å². The first-order valence-corrected chi connectivity index (χ1v) is 6.92. The van der Waals surface area contributed by atoms with E-state index < -0.39 is 5.78 Å². The monoisotopic (exact) mass is 266 g/mol. The fourth-order valence-electron chi connectivity index (χ4n) is 2.31. The summed E-state index contributed by atoms with van der Waals surface area (Å²) < 4.78 is 0. The van der Waals surface area contributed by atoms with Gasteiger partial charge in [0.1, 0.15) is 0 Å². The zero-order chi connectivity index (χ0) is 14.4. The Morgan fingerprint density at radius 3 is 2.00 bits per heavy atom. The second-order valence-electron chi connectivity index (χ2n) is 4.81. The van der Waals surface area contributed by atoms with E-state index in [2.05, 4.69) is 0 Å². The molecule has 0 aromatic heterocycles. The van der Waals surface area contributed by atoms with Crippen molar-refractivity contribution in [3.63, 3.8) is 0 Å². The average molecular weight is 266 g/mol. The number of carbonyl (C=O) groups excluding carboxylic acids is 2. The van der Waals surface area contributed by atoms with E-state index in [-0.39, 0.29) is 11.7 Å². The molecule has 0 aliphatic rings. The van der Waals surface area contributed by atoms with E-state index in [1.54, 1.807) is 24.3 Å². The van der Waals surface area contributed by atoms with Crippen LogP contribution in [0.4, 0.5) is 0 Å². The van der Waals surface area contributed by atoms with E-state index in [1.165, 1.54) is 0 Å². The van der Waals surface area contributed by atoms with Crippen LogP contribution in [0.1, 0.15) is 41.6 Å². The minimum atomic E-state index is -0.395. The molecule has 0 saturated heterocycles. The van der Waals surface area contributed by atoms with Crippen LogP contribution in [-0.4, -0.2) is 11.6 Å². The molecular formula is C18H18O2. The molecule has 0 heterocycles. The minimum absolute atomic E-state index is 0.316. The number of carbonyl (C=O) groups is 2. The first-order valence-electron chi connectivity index (χ1n) is 6.92. The lowest BCUT2D eigenvalue weighted by Gasteiger charge is -2.14. The van der Waals surface area contributed by atoms with Gasteiger partial charge in [0.05, 0.1) is 5.92 Å². The molecule has 0 spiro atoms. The summed E-state index contributed by atoms with van der Waals surface area (Å²) in [7, 11) is 0. The molecule has 1 atom stereocenters. The third-order valence-corrected chi connectivity index (χ3v) is 3.36. The van der Waals surface area contributed by atoms with Crippen molar-refractivity contribution in [2.45, 2.75) is 25.7 Å². The summed E-state index contributed by atoms with van der Waals surface area (Å²) in [6.07, 6.45) is 1.56. The Balaban J connectivity index is 2.26. The van der Waals surface area contributed by atoms with E-state index >= 15 is 0 Å². The molecule has 1 unspecified atom stereocenters. The number of hydrogen-bond acceptors (Lipinski definition) is 2. The largest absolute Gasteiger partial charge is 0.290 e. The molecule has 102 valence electrons. The van der Waals surface area contributed by atoms with Gasteiger partial charge in [0.15, 0.2) is 0 Å². The first kappa shape index (κ1) is 14.2. The van der Waals surface area contributed by atoms with Crippen molar-refractivity contribution in [1.29, 1.82) is 0 Å². The highest BCUT2D eigenvalue weighted by molar-refractivity contribution is 6.45. The normalized spacial score (nSPS) is 11.8. The maximum Gasteiger partial charge on any atom is 0.229 e. The van der Waals surface area contributed by atoms with Gasteiger partial charge in [0, 0.05) is 5.56 Å². The van der Waals surface area contributed by atoms with Crippen LogP contribution < -0.4 is 0 Å². The lowest BCUT2D eigenvalue weighted by atomic mass is 9.87. The molecule has 0 aliphatic heterocycles. The number of ketones is 2. The molecule has 2 aromatic rings. The van der Waals surface area contributed by atoms with Gasteiger partial charge in [0.2, 0.25) is 11.6 Å². The zero-order valence-corrected chi connectivity index (χ0v) is 11.6. The van der Waals surface area contributed by atoms with Gasteiger partial charge >= 0.3 is 0 Å². The van der Waals surface area contributed by atoms with Gasteiger partial charge in [0.25, 0.3) is 0 Å². The Labute approximate surface area is 119 Å². The lowest BCUT2D eigenvalue weighted by Crippen LogP contribution is -2.22. The van der Waals surface area contributed by atoms with Gasteiger partial charge in [-0.3, -0.25) is 9.59 Å². The highest BCUT2D eigenvalue weighted by atomic mass is 16.2. The Bertz CT molecular complexity index is 573. The van der Waals surface area contributed by atoms with Gasteiger partial charge in [-0.2, -0.15) is 0 Å². The van der Waals surface area contributed by atoms with Crippen molar-refractivity contribution in [3.8, 4) is 0 Å². The predicted octanol–water partition coefficient (Wildman–Crippen LogP) is 4.02. The highest BCUT2D eigenvalue weighted by Gasteiger charge is 2.26. The van der Waals surface area contributed by atoms with E-state index in [0.29, 0.717) is 12.0 Å². The number of benzene rings is 2. The second kappa shape index (κ2) is 6.80. The first-order chi connectivity index (χ1) is 9.74. The third-order valence-electron chi connectivity index (χ3n) is 3.36. The van der Waals surface area contributed by atoms with E-state index in [1.807, 2.05) is 43.3 Å². The third kappa shape index (κ3) is 3.21. The molecule has 0 saturated carbocycles. The molecule has 2 rings (SSSR count). The molecule has 0 bridgehead atoms. The predicted molar refractivity (Wildman–Crippen MR) is 79.9 cm³/mol. The van der Waals surface area contributed by atoms with Gasteiger partial charge < -0.3 is 0 Å². The minimum Gasteiger partial charge on any atom is -0.290 e. The van der Waals surface area contributed by atoms with Crippen molar-refractivity contribution in [1.82, 2.24) is 0 Å². The van der Waals surface area contributed by atoms with E-state index in [0.717, 1.165) is 12.0 Å². The standard InChI is InChI=1S/C18H18O2/c1-2-9-16(14-10-5-3-6-11-14)18(20)17(19)15-12-7-4-8-13-15/h3-8,10-13,16H,2,9H2,1H3. The number of hydrogen-bond donors (Lipinski definition) is 0. The van der Waals surface area contributed by atoms with Crippen LogP contribution >= 0.6 is 0 Å². The molecular weight excluding hydrogens is 248 g/mol. The number of Topliss-reactive ketones (excluding diaryl/α,β-unsaturated/α-hetero) is 2. The summed E-state index contributed by atoms with van der Waals surface area (Å²) in [5, 5.41) is 0. The van der Waals surface area contributed by atoms with Crippen LogP contribution in [0.15, 0.2) is 60.7 Å². The van der Waals surface area contributed by atoms with Crippen LogP contribution in [0.5, 0.6) is 0 Å². The van der Waals surface area contributed by atoms with Crippen LogP contribution in [0.2, 0.25) is 0 Å². The Morgan fingerprint density at radius 2 is 1.45 bits per heavy atom. The van der Waals surface area contributed by atoms with Gasteiger partial charge in [-0.1, -0.05) is 74.0 Å². The molecule has 2 nitrogen and oxygen atoms in total. The molecule has 0 N–H and O–H groups in total. The topological polar surface area (TPSA) is 34.1 Å². The fraction of sp³-hybridized carbons (Fsp3) is 0.222. The molecule has 20 heavy (non-hydrogen) atoms. The van der Waals surface area contributed by atoms with Crippen molar-refractivity contribution >= 4 is 11.6 Å².